The predicted octanol–water partition coefficient (Wildman–Crippen LogP) is 1.97. The Hall–Kier alpha value is -0.980. The Labute approximate surface area is 123 Å². The quantitative estimate of drug-likeness (QED) is 0.778. The fourth-order valence-corrected chi connectivity index (χ4v) is 2.85. The second kappa shape index (κ2) is 7.15. The van der Waals surface area contributed by atoms with Crippen LogP contribution in [0.2, 0.25) is 0 Å². The van der Waals surface area contributed by atoms with Crippen LogP contribution in [0.15, 0.2) is 5.38 Å². The number of morpholine rings is 1. The van der Waals surface area contributed by atoms with E-state index in [0.717, 1.165) is 24.6 Å². The average Bonchev–Trinajstić information content (AvgIpc) is 2.82. The third-order valence-corrected chi connectivity index (χ3v) is 3.85. The van der Waals surface area contributed by atoms with Crippen LogP contribution in [-0.2, 0) is 9.47 Å². The number of esters is 1. The van der Waals surface area contributed by atoms with E-state index in [-0.39, 0.29) is 12.1 Å². The highest BCUT2D eigenvalue weighted by Crippen LogP contribution is 2.11. The van der Waals surface area contributed by atoms with Gasteiger partial charge in [-0.1, -0.05) is 13.8 Å². The SMILES string of the molecule is Cc1nc(C(=O)OC[C@@H]2CN(CC(C)C)CCO2)cs1. The van der Waals surface area contributed by atoms with E-state index in [2.05, 4.69) is 23.7 Å². The lowest BCUT2D eigenvalue weighted by molar-refractivity contribution is -0.0613. The molecule has 0 unspecified atom stereocenters. The van der Waals surface area contributed by atoms with Crippen molar-refractivity contribution in [3.63, 3.8) is 0 Å². The smallest absolute Gasteiger partial charge is 0.357 e. The second-order valence-electron chi connectivity index (χ2n) is 5.50. The van der Waals surface area contributed by atoms with Crippen molar-refractivity contribution in [3.8, 4) is 0 Å². The number of hydrogen-bond donors (Lipinski definition) is 0. The number of ether oxygens (including phenoxy) is 2. The van der Waals surface area contributed by atoms with Crippen molar-refractivity contribution in [1.29, 1.82) is 0 Å². The normalized spacial score (nSPS) is 20.3. The van der Waals surface area contributed by atoms with E-state index in [1.54, 1.807) is 5.38 Å². The minimum absolute atomic E-state index is 0.0359. The molecule has 0 aromatic carbocycles. The molecule has 1 fully saturated rings. The van der Waals surface area contributed by atoms with Gasteiger partial charge in [0, 0.05) is 25.0 Å². The number of carbonyl (C=O) groups excluding carboxylic acids is 1. The maximum Gasteiger partial charge on any atom is 0.357 e. The molecule has 0 amide bonds. The Morgan fingerprint density at radius 2 is 2.45 bits per heavy atom. The molecule has 2 heterocycles. The van der Waals surface area contributed by atoms with E-state index in [0.29, 0.717) is 24.8 Å². The van der Waals surface area contributed by atoms with Crippen LogP contribution in [0.1, 0.15) is 29.3 Å². The number of hydrogen-bond acceptors (Lipinski definition) is 6. The number of aromatic nitrogens is 1. The number of rotatable bonds is 5. The van der Waals surface area contributed by atoms with Gasteiger partial charge < -0.3 is 9.47 Å². The van der Waals surface area contributed by atoms with Gasteiger partial charge in [0.15, 0.2) is 5.69 Å². The van der Waals surface area contributed by atoms with Gasteiger partial charge in [-0.3, -0.25) is 4.90 Å². The molecule has 1 aliphatic heterocycles. The molecule has 2 rings (SSSR count). The number of carbonyl (C=O) groups is 1. The first-order chi connectivity index (χ1) is 9.54. The zero-order valence-corrected chi connectivity index (χ0v) is 13.1. The zero-order chi connectivity index (χ0) is 14.5. The highest BCUT2D eigenvalue weighted by Gasteiger charge is 2.23. The Balaban J connectivity index is 1.77. The average molecular weight is 298 g/mol. The van der Waals surface area contributed by atoms with E-state index >= 15 is 0 Å². The molecule has 6 heteroatoms. The molecule has 0 N–H and O–H groups in total. The van der Waals surface area contributed by atoms with E-state index < -0.39 is 0 Å². The summed E-state index contributed by atoms with van der Waals surface area (Å²) in [6.07, 6.45) is -0.0359. The van der Waals surface area contributed by atoms with E-state index in [1.165, 1.54) is 11.3 Å². The first-order valence-corrected chi connectivity index (χ1v) is 7.85. The van der Waals surface area contributed by atoms with Gasteiger partial charge >= 0.3 is 5.97 Å². The van der Waals surface area contributed by atoms with E-state index in [9.17, 15) is 4.79 Å². The van der Waals surface area contributed by atoms with Gasteiger partial charge in [0.25, 0.3) is 0 Å². The maximum absolute atomic E-state index is 11.8. The summed E-state index contributed by atoms with van der Waals surface area (Å²) in [4.78, 5) is 18.3. The zero-order valence-electron chi connectivity index (χ0n) is 12.3. The lowest BCUT2D eigenvalue weighted by Gasteiger charge is -2.33. The first-order valence-electron chi connectivity index (χ1n) is 6.98. The molecular formula is C14H22N2O3S. The fraction of sp³-hybridized carbons (Fsp3) is 0.714. The minimum atomic E-state index is -0.362. The summed E-state index contributed by atoms with van der Waals surface area (Å²) in [5.41, 5.74) is 0.391. The monoisotopic (exact) mass is 298 g/mol. The molecular weight excluding hydrogens is 276 g/mol. The van der Waals surface area contributed by atoms with Gasteiger partial charge in [0.05, 0.1) is 11.6 Å². The molecule has 20 heavy (non-hydrogen) atoms. The second-order valence-corrected chi connectivity index (χ2v) is 6.56. The van der Waals surface area contributed by atoms with E-state index in [1.807, 2.05) is 6.92 Å². The Morgan fingerprint density at radius 3 is 3.10 bits per heavy atom. The van der Waals surface area contributed by atoms with Gasteiger partial charge in [0.1, 0.15) is 12.7 Å². The summed E-state index contributed by atoms with van der Waals surface area (Å²) in [6, 6.07) is 0. The minimum Gasteiger partial charge on any atom is -0.458 e. The van der Waals surface area contributed by atoms with Crippen molar-refractivity contribution in [2.24, 2.45) is 5.92 Å². The van der Waals surface area contributed by atoms with Crippen molar-refractivity contribution in [2.45, 2.75) is 26.9 Å². The van der Waals surface area contributed by atoms with Crippen LogP contribution in [0.25, 0.3) is 0 Å². The Bertz CT molecular complexity index is 447. The van der Waals surface area contributed by atoms with Crippen LogP contribution in [0.4, 0.5) is 0 Å². The van der Waals surface area contributed by atoms with Gasteiger partial charge in [-0.15, -0.1) is 11.3 Å². The standard InChI is InChI=1S/C14H22N2O3S/c1-10(2)6-16-4-5-18-12(7-16)8-19-14(17)13-9-20-11(3)15-13/h9-10,12H,4-8H2,1-3H3/t12-/m0/s1. The first kappa shape index (κ1) is 15.4. The Morgan fingerprint density at radius 1 is 1.65 bits per heavy atom. The van der Waals surface area contributed by atoms with Crippen LogP contribution in [0.3, 0.4) is 0 Å². The topological polar surface area (TPSA) is 51.7 Å². The molecule has 112 valence electrons. The largest absolute Gasteiger partial charge is 0.458 e. The van der Waals surface area contributed by atoms with Gasteiger partial charge in [-0.2, -0.15) is 0 Å². The lowest BCUT2D eigenvalue weighted by atomic mass is 10.2. The molecule has 1 aromatic rings. The van der Waals surface area contributed by atoms with Crippen molar-refractivity contribution in [1.82, 2.24) is 9.88 Å². The molecule has 1 aromatic heterocycles. The summed E-state index contributed by atoms with van der Waals surface area (Å²) < 4.78 is 10.9. The van der Waals surface area contributed by atoms with Crippen molar-refractivity contribution < 1.29 is 14.3 Å². The summed E-state index contributed by atoms with van der Waals surface area (Å²) in [7, 11) is 0. The third-order valence-electron chi connectivity index (χ3n) is 3.07. The molecule has 0 radical (unpaired) electrons. The highest BCUT2D eigenvalue weighted by molar-refractivity contribution is 7.09. The molecule has 1 saturated heterocycles. The van der Waals surface area contributed by atoms with Crippen LogP contribution < -0.4 is 0 Å². The van der Waals surface area contributed by atoms with Crippen molar-refractivity contribution in [2.75, 3.05) is 32.8 Å². The fourth-order valence-electron chi connectivity index (χ4n) is 2.26. The van der Waals surface area contributed by atoms with Gasteiger partial charge in [-0.25, -0.2) is 9.78 Å². The number of nitrogens with zero attached hydrogens (tertiary/aromatic N) is 2. The van der Waals surface area contributed by atoms with Crippen molar-refractivity contribution >= 4 is 17.3 Å². The van der Waals surface area contributed by atoms with Gasteiger partial charge in [-0.05, 0) is 12.8 Å². The number of thiazole rings is 1. The molecule has 1 aliphatic rings. The van der Waals surface area contributed by atoms with Crippen LogP contribution in [0, 0.1) is 12.8 Å². The van der Waals surface area contributed by atoms with Crippen LogP contribution in [0.5, 0.6) is 0 Å². The molecule has 0 bridgehead atoms. The molecule has 0 saturated carbocycles. The summed E-state index contributed by atoms with van der Waals surface area (Å²) in [5, 5.41) is 2.60. The van der Waals surface area contributed by atoms with E-state index in [4.69, 9.17) is 9.47 Å². The maximum atomic E-state index is 11.8. The highest BCUT2D eigenvalue weighted by atomic mass is 32.1. The van der Waals surface area contributed by atoms with Crippen LogP contribution >= 0.6 is 11.3 Å². The van der Waals surface area contributed by atoms with Crippen molar-refractivity contribution in [3.05, 3.63) is 16.1 Å². The van der Waals surface area contributed by atoms with Gasteiger partial charge in [0.2, 0.25) is 0 Å². The Kier molecular flexibility index (Phi) is 5.51. The molecule has 0 spiro atoms. The molecule has 0 aliphatic carbocycles. The third kappa shape index (κ3) is 4.54. The van der Waals surface area contributed by atoms with Crippen LogP contribution in [-0.4, -0.2) is 54.8 Å². The summed E-state index contributed by atoms with van der Waals surface area (Å²) >= 11 is 1.45. The molecule has 1 atom stereocenters. The number of aryl methyl sites for hydroxylation is 1. The lowest BCUT2D eigenvalue weighted by Crippen LogP contribution is -2.45. The predicted molar refractivity (Wildman–Crippen MR) is 78.2 cm³/mol. The summed E-state index contributed by atoms with van der Waals surface area (Å²) in [5.74, 6) is 0.271. The summed E-state index contributed by atoms with van der Waals surface area (Å²) in [6.45, 7) is 10.1. The molecule has 5 nitrogen and oxygen atoms in total.